The SMILES string of the molecule is CCN1CCC[C@H]1CNC(=O)Cn1ncn2nc(-c3ccccc3)cc2c1=O. The second kappa shape index (κ2) is 7.93. The Balaban J connectivity index is 1.47. The number of hydrogen-bond donors (Lipinski definition) is 1. The van der Waals surface area contributed by atoms with Gasteiger partial charge in [-0.05, 0) is 32.0 Å². The number of rotatable bonds is 6. The quantitative estimate of drug-likeness (QED) is 0.694. The fourth-order valence-corrected chi connectivity index (χ4v) is 3.77. The Hall–Kier alpha value is -3.00. The van der Waals surface area contributed by atoms with E-state index in [-0.39, 0.29) is 18.0 Å². The van der Waals surface area contributed by atoms with Gasteiger partial charge in [0.05, 0.1) is 5.69 Å². The zero-order valence-corrected chi connectivity index (χ0v) is 15.9. The van der Waals surface area contributed by atoms with Crippen molar-refractivity contribution in [1.82, 2.24) is 29.6 Å². The molecular formula is C20H24N6O2. The van der Waals surface area contributed by atoms with Crippen molar-refractivity contribution in [3.8, 4) is 11.3 Å². The number of carbonyl (C=O) groups is 1. The summed E-state index contributed by atoms with van der Waals surface area (Å²) in [6.07, 6.45) is 3.72. The van der Waals surface area contributed by atoms with E-state index in [1.807, 2.05) is 30.3 Å². The lowest BCUT2D eigenvalue weighted by Gasteiger charge is -2.22. The number of nitrogens with one attached hydrogen (secondary N) is 1. The highest BCUT2D eigenvalue weighted by Gasteiger charge is 2.23. The second-order valence-corrected chi connectivity index (χ2v) is 7.05. The van der Waals surface area contributed by atoms with Crippen molar-refractivity contribution in [2.45, 2.75) is 32.4 Å². The third-order valence-electron chi connectivity index (χ3n) is 5.29. The molecule has 1 atom stereocenters. The van der Waals surface area contributed by atoms with Crippen molar-refractivity contribution in [2.24, 2.45) is 0 Å². The van der Waals surface area contributed by atoms with Crippen LogP contribution in [0.5, 0.6) is 0 Å². The summed E-state index contributed by atoms with van der Waals surface area (Å²) in [5.41, 5.74) is 1.69. The minimum atomic E-state index is -0.330. The lowest BCUT2D eigenvalue weighted by atomic mass is 10.1. The molecule has 3 aromatic rings. The number of likely N-dealkylation sites (tertiary alicyclic amines) is 1. The van der Waals surface area contributed by atoms with E-state index in [0.717, 1.165) is 31.5 Å². The lowest BCUT2D eigenvalue weighted by Crippen LogP contribution is -2.42. The van der Waals surface area contributed by atoms with Gasteiger partial charge < -0.3 is 5.32 Å². The van der Waals surface area contributed by atoms with Gasteiger partial charge in [-0.25, -0.2) is 9.20 Å². The number of aromatic nitrogens is 4. The summed E-state index contributed by atoms with van der Waals surface area (Å²) < 4.78 is 2.64. The Morgan fingerprint density at radius 2 is 2.11 bits per heavy atom. The fourth-order valence-electron chi connectivity index (χ4n) is 3.77. The van der Waals surface area contributed by atoms with E-state index >= 15 is 0 Å². The standard InChI is InChI=1S/C20H24N6O2/c1-2-24-10-6-9-16(24)12-21-19(27)13-25-20(28)18-11-17(23-26(18)14-22-25)15-7-4-3-5-8-15/h3-5,7-8,11,14,16H,2,6,9-10,12-13H2,1H3,(H,21,27)/t16-/m0/s1. The van der Waals surface area contributed by atoms with Gasteiger partial charge in [0.2, 0.25) is 5.91 Å². The van der Waals surface area contributed by atoms with E-state index in [2.05, 4.69) is 27.3 Å². The van der Waals surface area contributed by atoms with Gasteiger partial charge in [-0.2, -0.15) is 10.2 Å². The molecule has 0 saturated carbocycles. The minimum absolute atomic E-state index is 0.0972. The molecular weight excluding hydrogens is 356 g/mol. The number of amides is 1. The van der Waals surface area contributed by atoms with Crippen LogP contribution in [0.4, 0.5) is 0 Å². The highest BCUT2D eigenvalue weighted by atomic mass is 16.2. The van der Waals surface area contributed by atoms with E-state index in [1.165, 1.54) is 15.5 Å². The summed E-state index contributed by atoms with van der Waals surface area (Å²) in [4.78, 5) is 27.4. The summed E-state index contributed by atoms with van der Waals surface area (Å²) in [6.45, 7) is 4.71. The Kier molecular flexibility index (Phi) is 5.21. The predicted molar refractivity (Wildman–Crippen MR) is 106 cm³/mol. The average Bonchev–Trinajstić information content (AvgIpc) is 3.36. The van der Waals surface area contributed by atoms with Crippen LogP contribution in [0.15, 0.2) is 47.5 Å². The van der Waals surface area contributed by atoms with Gasteiger partial charge in [0.1, 0.15) is 18.4 Å². The number of nitrogens with zero attached hydrogens (tertiary/aromatic N) is 5. The lowest BCUT2D eigenvalue weighted by molar-refractivity contribution is -0.122. The van der Waals surface area contributed by atoms with Crippen LogP contribution in [-0.2, 0) is 11.3 Å². The molecule has 0 aliphatic carbocycles. The molecule has 1 saturated heterocycles. The van der Waals surface area contributed by atoms with Crippen molar-refractivity contribution >= 4 is 11.4 Å². The van der Waals surface area contributed by atoms with Crippen molar-refractivity contribution in [1.29, 1.82) is 0 Å². The zero-order chi connectivity index (χ0) is 19.5. The molecule has 4 rings (SSSR count). The molecule has 0 spiro atoms. The maximum Gasteiger partial charge on any atom is 0.293 e. The van der Waals surface area contributed by atoms with Crippen LogP contribution in [0.1, 0.15) is 19.8 Å². The number of fused-ring (bicyclic) bond motifs is 1. The summed E-state index contributed by atoms with van der Waals surface area (Å²) in [7, 11) is 0. The van der Waals surface area contributed by atoms with Gasteiger partial charge in [-0.15, -0.1) is 0 Å². The highest BCUT2D eigenvalue weighted by molar-refractivity contribution is 5.75. The van der Waals surface area contributed by atoms with E-state index in [4.69, 9.17) is 0 Å². The molecule has 1 fully saturated rings. The van der Waals surface area contributed by atoms with Crippen molar-refractivity contribution in [3.05, 3.63) is 53.1 Å². The van der Waals surface area contributed by atoms with Crippen LogP contribution < -0.4 is 10.9 Å². The Labute approximate surface area is 162 Å². The fraction of sp³-hybridized carbons (Fsp3) is 0.400. The molecule has 1 aliphatic rings. The molecule has 1 aromatic carbocycles. The third kappa shape index (κ3) is 3.68. The van der Waals surface area contributed by atoms with Crippen LogP contribution >= 0.6 is 0 Å². The Morgan fingerprint density at radius 3 is 2.89 bits per heavy atom. The summed E-state index contributed by atoms with van der Waals surface area (Å²) in [6, 6.07) is 11.7. The van der Waals surface area contributed by atoms with E-state index in [9.17, 15) is 9.59 Å². The minimum Gasteiger partial charge on any atom is -0.353 e. The molecule has 1 amide bonds. The Morgan fingerprint density at radius 1 is 1.29 bits per heavy atom. The normalized spacial score (nSPS) is 17.2. The monoisotopic (exact) mass is 380 g/mol. The number of carbonyl (C=O) groups excluding carboxylic acids is 1. The van der Waals surface area contributed by atoms with E-state index in [1.54, 1.807) is 6.07 Å². The Bertz CT molecular complexity index is 1030. The van der Waals surface area contributed by atoms with Gasteiger partial charge >= 0.3 is 0 Å². The average molecular weight is 380 g/mol. The topological polar surface area (TPSA) is 84.5 Å². The molecule has 146 valence electrons. The number of likely N-dealkylation sites (N-methyl/N-ethyl adjacent to an activating group) is 1. The molecule has 0 bridgehead atoms. The van der Waals surface area contributed by atoms with Crippen LogP contribution in [0, 0.1) is 0 Å². The zero-order valence-electron chi connectivity index (χ0n) is 15.9. The van der Waals surface area contributed by atoms with Crippen molar-refractivity contribution < 1.29 is 4.79 Å². The maximum atomic E-state index is 12.7. The largest absolute Gasteiger partial charge is 0.353 e. The van der Waals surface area contributed by atoms with Crippen molar-refractivity contribution in [2.75, 3.05) is 19.6 Å². The molecule has 8 heteroatoms. The molecule has 8 nitrogen and oxygen atoms in total. The molecule has 0 radical (unpaired) electrons. The number of hydrogen-bond acceptors (Lipinski definition) is 5. The molecule has 0 unspecified atom stereocenters. The van der Waals surface area contributed by atoms with Crippen LogP contribution in [0.25, 0.3) is 16.8 Å². The molecule has 1 N–H and O–H groups in total. The summed E-state index contributed by atoms with van der Waals surface area (Å²) in [5.74, 6) is -0.204. The number of benzene rings is 1. The first-order valence-corrected chi connectivity index (χ1v) is 9.67. The highest BCUT2D eigenvalue weighted by Crippen LogP contribution is 2.17. The van der Waals surface area contributed by atoms with Crippen LogP contribution in [0.2, 0.25) is 0 Å². The van der Waals surface area contributed by atoms with Gasteiger partial charge in [0.25, 0.3) is 5.56 Å². The maximum absolute atomic E-state index is 12.7. The summed E-state index contributed by atoms with van der Waals surface area (Å²) >= 11 is 0. The molecule has 2 aromatic heterocycles. The third-order valence-corrected chi connectivity index (χ3v) is 5.29. The van der Waals surface area contributed by atoms with Gasteiger partial charge in [-0.3, -0.25) is 14.5 Å². The summed E-state index contributed by atoms with van der Waals surface area (Å²) in [5, 5.41) is 11.4. The van der Waals surface area contributed by atoms with Gasteiger partial charge in [-0.1, -0.05) is 37.3 Å². The predicted octanol–water partition coefficient (Wildman–Crippen LogP) is 1.16. The van der Waals surface area contributed by atoms with Crippen LogP contribution in [0.3, 0.4) is 0 Å². The van der Waals surface area contributed by atoms with Crippen molar-refractivity contribution in [3.63, 3.8) is 0 Å². The molecule has 3 heterocycles. The first-order valence-electron chi connectivity index (χ1n) is 9.67. The molecule has 1 aliphatic heterocycles. The smallest absolute Gasteiger partial charge is 0.293 e. The van der Waals surface area contributed by atoms with E-state index < -0.39 is 0 Å². The van der Waals surface area contributed by atoms with Crippen LogP contribution in [-0.4, -0.2) is 55.9 Å². The first kappa shape index (κ1) is 18.4. The molecule has 28 heavy (non-hydrogen) atoms. The second-order valence-electron chi connectivity index (χ2n) is 7.05. The van der Waals surface area contributed by atoms with E-state index in [0.29, 0.717) is 23.8 Å². The van der Waals surface area contributed by atoms with Gasteiger partial charge in [0.15, 0.2) is 0 Å². The van der Waals surface area contributed by atoms with Gasteiger partial charge in [0, 0.05) is 18.2 Å². The first-order chi connectivity index (χ1) is 13.7.